The molecule has 0 atom stereocenters. The van der Waals surface area contributed by atoms with Crippen LogP contribution in [0.5, 0.6) is 11.8 Å². The molecule has 0 unspecified atom stereocenters. The van der Waals surface area contributed by atoms with Crippen molar-refractivity contribution in [1.82, 2.24) is 49.6 Å². The predicted molar refractivity (Wildman–Crippen MR) is 148 cm³/mol. The highest BCUT2D eigenvalue weighted by Crippen LogP contribution is 2.39. The summed E-state index contributed by atoms with van der Waals surface area (Å²) in [4.78, 5) is 7.01. The van der Waals surface area contributed by atoms with Gasteiger partial charge in [0.1, 0.15) is 0 Å². The summed E-state index contributed by atoms with van der Waals surface area (Å²) in [7, 11) is 0. The standard InChI is InChI=1S/C15H11F4N5O.C13H6F7N5O/c16-10-5-9(6-20-14(10)25-7-15(17,18)19)11-3-4-12-21-22-13(8-1-2-8)24(12)23-11;14-7-3-6(4-21-10(7)26-5-12(15,16)17)8-1-2-9-22-23-11(13(18,19)20)25(9)24-8/h3-6,8H,1-2,7H2;1-4H,5H2. The van der Waals surface area contributed by atoms with Gasteiger partial charge in [-0.05, 0) is 49.2 Å². The maximum absolute atomic E-state index is 14.0. The molecule has 1 fully saturated rings. The van der Waals surface area contributed by atoms with Crippen molar-refractivity contribution in [2.75, 3.05) is 13.2 Å². The number of hydrogen-bond acceptors (Lipinski definition) is 10. The predicted octanol–water partition coefficient (Wildman–Crippen LogP) is 6.43. The Morgan fingerprint density at radius 1 is 0.627 bits per heavy atom. The van der Waals surface area contributed by atoms with Crippen LogP contribution in [0.25, 0.3) is 33.8 Å². The van der Waals surface area contributed by atoms with E-state index in [0.717, 1.165) is 43.1 Å². The van der Waals surface area contributed by atoms with Crippen molar-refractivity contribution in [2.24, 2.45) is 0 Å². The Labute approximate surface area is 275 Å². The molecule has 23 heteroatoms. The Balaban J connectivity index is 0.000000176. The van der Waals surface area contributed by atoms with Gasteiger partial charge in [0.15, 0.2) is 42.0 Å². The van der Waals surface area contributed by atoms with E-state index < -0.39 is 61.0 Å². The Kier molecular flexibility index (Phi) is 9.05. The topological polar surface area (TPSA) is 130 Å². The van der Waals surface area contributed by atoms with Gasteiger partial charge in [-0.2, -0.15) is 58.7 Å². The van der Waals surface area contributed by atoms with Crippen LogP contribution in [-0.4, -0.2) is 75.2 Å². The molecule has 51 heavy (non-hydrogen) atoms. The van der Waals surface area contributed by atoms with Gasteiger partial charge in [-0.3, -0.25) is 0 Å². The molecular formula is C28H17F11N10O2. The number of pyridine rings is 2. The Morgan fingerprint density at radius 2 is 1.10 bits per heavy atom. The number of halogens is 11. The van der Waals surface area contributed by atoms with Crippen molar-refractivity contribution in [1.29, 1.82) is 0 Å². The second kappa shape index (κ2) is 13.2. The van der Waals surface area contributed by atoms with Crippen LogP contribution in [0.1, 0.15) is 30.4 Å². The Morgan fingerprint density at radius 3 is 1.55 bits per heavy atom. The van der Waals surface area contributed by atoms with Crippen LogP contribution < -0.4 is 9.47 Å². The first kappa shape index (κ1) is 35.1. The monoisotopic (exact) mass is 734 g/mol. The fourth-order valence-electron chi connectivity index (χ4n) is 4.32. The lowest BCUT2D eigenvalue weighted by Crippen LogP contribution is -2.20. The smallest absolute Gasteiger partial charge is 0.453 e. The first-order valence-electron chi connectivity index (χ1n) is 14.2. The molecule has 7 rings (SSSR count). The molecule has 12 nitrogen and oxygen atoms in total. The van der Waals surface area contributed by atoms with Crippen LogP contribution in [0.3, 0.4) is 0 Å². The fraction of sp³-hybridized carbons (Fsp3) is 0.286. The molecule has 0 aromatic carbocycles. The zero-order valence-corrected chi connectivity index (χ0v) is 25.0. The van der Waals surface area contributed by atoms with Crippen LogP contribution in [0.15, 0.2) is 48.8 Å². The van der Waals surface area contributed by atoms with Crippen LogP contribution in [-0.2, 0) is 6.18 Å². The van der Waals surface area contributed by atoms with E-state index in [1.165, 1.54) is 12.3 Å². The van der Waals surface area contributed by atoms with Gasteiger partial charge >= 0.3 is 18.5 Å². The Hall–Kier alpha value is -5.77. The number of ether oxygens (including phenoxy) is 2. The number of hydrogen-bond donors (Lipinski definition) is 0. The third kappa shape index (κ3) is 8.34. The summed E-state index contributed by atoms with van der Waals surface area (Å²) in [6.07, 6.45) is -9.88. The van der Waals surface area contributed by atoms with E-state index in [0.29, 0.717) is 27.3 Å². The van der Waals surface area contributed by atoms with Crippen molar-refractivity contribution in [3.8, 4) is 34.3 Å². The van der Waals surface area contributed by atoms with Crippen molar-refractivity contribution in [3.05, 3.63) is 72.1 Å². The summed E-state index contributed by atoms with van der Waals surface area (Å²) in [5.74, 6) is -4.13. The maximum Gasteiger partial charge on any atom is 0.453 e. The molecule has 1 aliphatic carbocycles. The van der Waals surface area contributed by atoms with E-state index in [-0.39, 0.29) is 16.9 Å². The molecular weight excluding hydrogens is 717 g/mol. The normalized spacial score (nSPS) is 13.7. The summed E-state index contributed by atoms with van der Waals surface area (Å²) in [6, 6.07) is 7.48. The first-order valence-corrected chi connectivity index (χ1v) is 14.2. The summed E-state index contributed by atoms with van der Waals surface area (Å²) in [5, 5.41) is 22.5. The fourth-order valence-corrected chi connectivity index (χ4v) is 4.32. The average molecular weight is 734 g/mol. The summed E-state index contributed by atoms with van der Waals surface area (Å²) < 4.78 is 150. The molecule has 1 aliphatic rings. The summed E-state index contributed by atoms with van der Waals surface area (Å²) >= 11 is 0. The van der Waals surface area contributed by atoms with Gasteiger partial charge in [0.25, 0.3) is 17.6 Å². The lowest BCUT2D eigenvalue weighted by atomic mass is 10.2. The van der Waals surface area contributed by atoms with E-state index in [2.05, 4.69) is 50.0 Å². The van der Waals surface area contributed by atoms with Crippen LogP contribution in [0.2, 0.25) is 0 Å². The van der Waals surface area contributed by atoms with Gasteiger partial charge in [-0.25, -0.2) is 18.7 Å². The number of alkyl halides is 9. The van der Waals surface area contributed by atoms with E-state index in [9.17, 15) is 48.3 Å². The number of rotatable bonds is 7. The molecule has 0 radical (unpaired) electrons. The Bertz CT molecular complexity index is 2200. The second-order valence-electron chi connectivity index (χ2n) is 10.7. The van der Waals surface area contributed by atoms with Crippen LogP contribution in [0.4, 0.5) is 48.3 Å². The molecule has 1 saturated carbocycles. The largest absolute Gasteiger partial charge is 0.466 e. The molecule has 0 amide bonds. The van der Waals surface area contributed by atoms with Crippen molar-refractivity contribution in [2.45, 2.75) is 37.3 Å². The highest BCUT2D eigenvalue weighted by molar-refractivity contribution is 5.61. The maximum atomic E-state index is 14.0. The summed E-state index contributed by atoms with van der Waals surface area (Å²) in [6.45, 7) is -3.35. The molecule has 6 aromatic rings. The lowest BCUT2D eigenvalue weighted by molar-refractivity contribution is -0.155. The third-order valence-corrected chi connectivity index (χ3v) is 6.70. The number of nitrogens with zero attached hydrogens (tertiary/aromatic N) is 10. The van der Waals surface area contributed by atoms with Crippen molar-refractivity contribution < 1.29 is 57.8 Å². The van der Waals surface area contributed by atoms with E-state index in [1.54, 1.807) is 16.6 Å². The number of aromatic nitrogens is 10. The SMILES string of the molecule is Fc1cc(-c2ccc3nnc(C(F)(F)F)n3n2)cnc1OCC(F)(F)F.Fc1cc(-c2ccc3nnc(C4CC4)n3n2)cnc1OCC(F)(F)F. The zero-order chi connectivity index (χ0) is 36.7. The molecule has 0 aliphatic heterocycles. The molecule has 6 aromatic heterocycles. The van der Waals surface area contributed by atoms with Crippen molar-refractivity contribution in [3.63, 3.8) is 0 Å². The highest BCUT2D eigenvalue weighted by Gasteiger charge is 2.38. The third-order valence-electron chi connectivity index (χ3n) is 6.70. The summed E-state index contributed by atoms with van der Waals surface area (Å²) in [5.41, 5.74) is 0.892. The minimum atomic E-state index is -4.82. The molecule has 6 heterocycles. The molecule has 268 valence electrons. The minimum absolute atomic E-state index is 0.0782. The quantitative estimate of drug-likeness (QED) is 0.169. The van der Waals surface area contributed by atoms with Crippen LogP contribution in [0, 0.1) is 11.6 Å². The van der Waals surface area contributed by atoms with Gasteiger partial charge in [0, 0.05) is 29.4 Å². The minimum Gasteiger partial charge on any atom is -0.466 e. The highest BCUT2D eigenvalue weighted by atomic mass is 19.4. The van der Waals surface area contributed by atoms with Gasteiger partial charge < -0.3 is 9.47 Å². The van der Waals surface area contributed by atoms with E-state index in [4.69, 9.17) is 0 Å². The van der Waals surface area contributed by atoms with E-state index in [1.807, 2.05) is 0 Å². The molecule has 0 saturated heterocycles. The number of fused-ring (bicyclic) bond motifs is 2. The van der Waals surface area contributed by atoms with E-state index >= 15 is 0 Å². The van der Waals surface area contributed by atoms with Crippen molar-refractivity contribution >= 4 is 11.3 Å². The molecule has 0 bridgehead atoms. The van der Waals surface area contributed by atoms with Gasteiger partial charge in [-0.15, -0.1) is 20.4 Å². The van der Waals surface area contributed by atoms with Gasteiger partial charge in [0.2, 0.25) is 0 Å². The second-order valence-corrected chi connectivity index (χ2v) is 10.7. The van der Waals surface area contributed by atoms with Crippen LogP contribution >= 0.6 is 0 Å². The zero-order valence-electron chi connectivity index (χ0n) is 25.0. The van der Waals surface area contributed by atoms with Gasteiger partial charge in [0.05, 0.1) is 11.4 Å². The average Bonchev–Trinajstić information content (AvgIpc) is 3.65. The lowest BCUT2D eigenvalue weighted by Gasteiger charge is -2.10. The molecule has 0 N–H and O–H groups in total. The molecule has 0 spiro atoms. The first-order chi connectivity index (χ1) is 23.9. The van der Waals surface area contributed by atoms with Gasteiger partial charge in [-0.1, -0.05) is 0 Å².